The number of rotatable bonds is 6. The van der Waals surface area contributed by atoms with Gasteiger partial charge in [0.05, 0.1) is 0 Å². The molecule has 0 heterocycles. The van der Waals surface area contributed by atoms with Crippen LogP contribution in [0.3, 0.4) is 0 Å². The first-order valence-electron chi connectivity index (χ1n) is 6.44. The molecule has 4 heteroatoms. The van der Waals surface area contributed by atoms with E-state index in [4.69, 9.17) is 4.74 Å². The maximum Gasteiger partial charge on any atom is 0.165 e. The van der Waals surface area contributed by atoms with E-state index in [0.717, 1.165) is 5.92 Å². The van der Waals surface area contributed by atoms with Crippen molar-refractivity contribution in [3.63, 3.8) is 0 Å². The Balaban J connectivity index is 1.65. The average Bonchev–Trinajstić information content (AvgIpc) is 2.32. The number of hydrogen-bond donors (Lipinski definition) is 2. The second-order valence-corrected chi connectivity index (χ2v) is 5.08. The van der Waals surface area contributed by atoms with Crippen molar-refractivity contribution >= 4 is 0 Å². The second-order valence-electron chi connectivity index (χ2n) is 5.08. The van der Waals surface area contributed by atoms with Crippen molar-refractivity contribution < 1.29 is 14.2 Å². The minimum Gasteiger partial charge on any atom is -0.488 e. The molecular formula is C14H20FNO2. The summed E-state index contributed by atoms with van der Waals surface area (Å²) in [6.07, 6.45) is 1.72. The van der Waals surface area contributed by atoms with E-state index < -0.39 is 11.9 Å². The second kappa shape index (κ2) is 6.16. The van der Waals surface area contributed by atoms with Crippen molar-refractivity contribution in [3.8, 4) is 5.75 Å². The van der Waals surface area contributed by atoms with Gasteiger partial charge in [-0.2, -0.15) is 0 Å². The van der Waals surface area contributed by atoms with E-state index in [1.54, 1.807) is 18.2 Å². The summed E-state index contributed by atoms with van der Waals surface area (Å²) in [7, 11) is 0. The molecule has 2 rings (SSSR count). The van der Waals surface area contributed by atoms with Crippen LogP contribution in [0.4, 0.5) is 4.39 Å². The van der Waals surface area contributed by atoms with Gasteiger partial charge in [0.15, 0.2) is 11.6 Å². The molecule has 1 aliphatic rings. The zero-order valence-electron chi connectivity index (χ0n) is 10.6. The zero-order chi connectivity index (χ0) is 13.0. The van der Waals surface area contributed by atoms with E-state index in [1.165, 1.54) is 18.9 Å². The van der Waals surface area contributed by atoms with Crippen LogP contribution in [0.2, 0.25) is 0 Å². The first-order valence-corrected chi connectivity index (χ1v) is 6.44. The Hall–Kier alpha value is -1.13. The molecule has 0 radical (unpaired) electrons. The fraction of sp³-hybridized carbons (Fsp3) is 0.571. The van der Waals surface area contributed by atoms with Crippen molar-refractivity contribution in [3.05, 3.63) is 30.1 Å². The third-order valence-corrected chi connectivity index (χ3v) is 3.28. The van der Waals surface area contributed by atoms with Crippen molar-refractivity contribution in [2.75, 3.05) is 13.2 Å². The largest absolute Gasteiger partial charge is 0.488 e. The highest BCUT2D eigenvalue weighted by Gasteiger charge is 2.25. The summed E-state index contributed by atoms with van der Waals surface area (Å²) in [6, 6.07) is 6.73. The standard InChI is InChI=1S/C14H20FNO2/c1-10-6-11(7-10)16-8-12(17)9-18-14-5-3-2-4-13(14)15/h2-5,10-12,16-17H,6-9H2,1H3. The molecule has 1 unspecified atom stereocenters. The lowest BCUT2D eigenvalue weighted by Gasteiger charge is -2.34. The third kappa shape index (κ3) is 3.68. The van der Waals surface area contributed by atoms with Crippen LogP contribution < -0.4 is 10.1 Å². The Kier molecular flexibility index (Phi) is 4.55. The smallest absolute Gasteiger partial charge is 0.165 e. The van der Waals surface area contributed by atoms with Crippen LogP contribution >= 0.6 is 0 Å². The highest BCUT2D eigenvalue weighted by atomic mass is 19.1. The Labute approximate surface area is 107 Å². The number of ether oxygens (including phenoxy) is 1. The molecule has 1 aromatic rings. The number of aliphatic hydroxyl groups is 1. The molecule has 0 bridgehead atoms. The minimum absolute atomic E-state index is 0.107. The molecule has 1 saturated carbocycles. The predicted octanol–water partition coefficient (Wildman–Crippen LogP) is 1.95. The van der Waals surface area contributed by atoms with Gasteiger partial charge in [0.25, 0.3) is 0 Å². The summed E-state index contributed by atoms with van der Waals surface area (Å²) in [6.45, 7) is 2.82. The number of aliphatic hydroxyl groups excluding tert-OH is 1. The Bertz CT molecular complexity index is 380. The van der Waals surface area contributed by atoms with Crippen LogP contribution in [0, 0.1) is 11.7 Å². The Morgan fingerprint density at radius 3 is 2.83 bits per heavy atom. The molecule has 0 spiro atoms. The fourth-order valence-corrected chi connectivity index (χ4v) is 2.18. The summed E-state index contributed by atoms with van der Waals surface area (Å²) in [5, 5.41) is 13.0. The van der Waals surface area contributed by atoms with Crippen LogP contribution in [0.25, 0.3) is 0 Å². The molecule has 0 saturated heterocycles. The number of para-hydroxylation sites is 1. The van der Waals surface area contributed by atoms with E-state index in [9.17, 15) is 9.50 Å². The van der Waals surface area contributed by atoms with Crippen LogP contribution in [-0.2, 0) is 0 Å². The number of nitrogens with one attached hydrogen (secondary N) is 1. The van der Waals surface area contributed by atoms with E-state index in [1.807, 2.05) is 0 Å². The molecule has 0 aliphatic heterocycles. The molecule has 0 amide bonds. The average molecular weight is 253 g/mol. The lowest BCUT2D eigenvalue weighted by molar-refractivity contribution is 0.0937. The molecule has 1 atom stereocenters. The van der Waals surface area contributed by atoms with Crippen LogP contribution in [0.5, 0.6) is 5.75 Å². The number of benzene rings is 1. The lowest BCUT2D eigenvalue weighted by Crippen LogP contribution is -2.44. The Morgan fingerprint density at radius 2 is 2.17 bits per heavy atom. The molecule has 1 aliphatic carbocycles. The van der Waals surface area contributed by atoms with Crippen LogP contribution in [0.1, 0.15) is 19.8 Å². The highest BCUT2D eigenvalue weighted by molar-refractivity contribution is 5.23. The number of halogens is 1. The summed E-state index contributed by atoms with van der Waals surface area (Å²) < 4.78 is 18.5. The van der Waals surface area contributed by atoms with Gasteiger partial charge in [-0.15, -0.1) is 0 Å². The normalized spacial score (nSPS) is 24.4. The zero-order valence-corrected chi connectivity index (χ0v) is 10.6. The van der Waals surface area contributed by atoms with Crippen molar-refractivity contribution in [2.45, 2.75) is 31.9 Å². The molecule has 1 aromatic carbocycles. The summed E-state index contributed by atoms with van der Waals surface area (Å²) in [5.74, 6) is 0.577. The SMILES string of the molecule is CC1CC(NCC(O)COc2ccccc2F)C1. The fourth-order valence-electron chi connectivity index (χ4n) is 2.18. The summed E-state index contributed by atoms with van der Waals surface area (Å²) >= 11 is 0. The van der Waals surface area contributed by atoms with Gasteiger partial charge in [-0.25, -0.2) is 4.39 Å². The molecule has 100 valence electrons. The van der Waals surface area contributed by atoms with Gasteiger partial charge in [0.2, 0.25) is 0 Å². The Morgan fingerprint density at radius 1 is 1.44 bits per heavy atom. The van der Waals surface area contributed by atoms with Crippen molar-refractivity contribution in [2.24, 2.45) is 5.92 Å². The molecule has 2 N–H and O–H groups in total. The first-order chi connectivity index (χ1) is 8.65. The monoisotopic (exact) mass is 253 g/mol. The van der Waals surface area contributed by atoms with Gasteiger partial charge in [-0.3, -0.25) is 0 Å². The van der Waals surface area contributed by atoms with E-state index in [2.05, 4.69) is 12.2 Å². The number of hydrogen-bond acceptors (Lipinski definition) is 3. The summed E-state index contributed by atoms with van der Waals surface area (Å²) in [4.78, 5) is 0. The van der Waals surface area contributed by atoms with Crippen LogP contribution in [-0.4, -0.2) is 30.4 Å². The van der Waals surface area contributed by atoms with Gasteiger partial charge in [-0.05, 0) is 30.9 Å². The topological polar surface area (TPSA) is 41.5 Å². The first kappa shape index (κ1) is 13.3. The van der Waals surface area contributed by atoms with Crippen molar-refractivity contribution in [1.29, 1.82) is 0 Å². The molecular weight excluding hydrogens is 233 g/mol. The molecule has 0 aromatic heterocycles. The quantitative estimate of drug-likeness (QED) is 0.814. The van der Waals surface area contributed by atoms with Gasteiger partial charge >= 0.3 is 0 Å². The molecule has 3 nitrogen and oxygen atoms in total. The maximum absolute atomic E-state index is 13.2. The van der Waals surface area contributed by atoms with Gasteiger partial charge in [0.1, 0.15) is 12.7 Å². The van der Waals surface area contributed by atoms with E-state index >= 15 is 0 Å². The van der Waals surface area contributed by atoms with E-state index in [-0.39, 0.29) is 12.4 Å². The maximum atomic E-state index is 13.2. The van der Waals surface area contributed by atoms with Gasteiger partial charge in [-0.1, -0.05) is 19.1 Å². The van der Waals surface area contributed by atoms with Gasteiger partial charge in [0, 0.05) is 12.6 Å². The highest BCUT2D eigenvalue weighted by Crippen LogP contribution is 2.26. The third-order valence-electron chi connectivity index (χ3n) is 3.28. The minimum atomic E-state index is -0.611. The van der Waals surface area contributed by atoms with E-state index in [0.29, 0.717) is 12.6 Å². The molecule has 18 heavy (non-hydrogen) atoms. The predicted molar refractivity (Wildman–Crippen MR) is 68.1 cm³/mol. The van der Waals surface area contributed by atoms with Crippen molar-refractivity contribution in [1.82, 2.24) is 5.32 Å². The molecule has 1 fully saturated rings. The lowest BCUT2D eigenvalue weighted by atomic mass is 9.82. The van der Waals surface area contributed by atoms with Gasteiger partial charge < -0.3 is 15.2 Å². The van der Waals surface area contributed by atoms with Crippen LogP contribution in [0.15, 0.2) is 24.3 Å². The summed E-state index contributed by atoms with van der Waals surface area (Å²) in [5.41, 5.74) is 0.